The van der Waals surface area contributed by atoms with Gasteiger partial charge >= 0.3 is 0 Å². The van der Waals surface area contributed by atoms with E-state index in [-0.39, 0.29) is 0 Å². The number of nitrogens with one attached hydrogen (secondary N) is 1. The van der Waals surface area contributed by atoms with Crippen LogP contribution in [0.15, 0.2) is 31.2 Å². The lowest BCUT2D eigenvalue weighted by atomic mass is 10.0. The number of nitrogens with zero attached hydrogens (tertiary/aromatic N) is 2. The van der Waals surface area contributed by atoms with E-state index in [9.17, 15) is 0 Å². The van der Waals surface area contributed by atoms with E-state index in [1.165, 1.54) is 19.3 Å². The van der Waals surface area contributed by atoms with Crippen LogP contribution >= 0.6 is 0 Å². The second-order valence-corrected chi connectivity index (χ2v) is 4.57. The molecular formula is C15H25N3. The van der Waals surface area contributed by atoms with E-state index in [2.05, 4.69) is 28.8 Å². The number of allylic oxidation sites excluding steroid dienone is 1. The molecule has 1 aromatic heterocycles. The first-order chi connectivity index (χ1) is 8.88. The first kappa shape index (κ1) is 14.8. The summed E-state index contributed by atoms with van der Waals surface area (Å²) in [7, 11) is 0. The quantitative estimate of drug-likeness (QED) is 0.506. The SMILES string of the molecule is C=CCCCCCC(NCCC)c1ccncn1. The molecule has 0 aromatic carbocycles. The van der Waals surface area contributed by atoms with E-state index in [4.69, 9.17) is 0 Å². The van der Waals surface area contributed by atoms with Crippen LogP contribution in [0.25, 0.3) is 0 Å². The molecule has 0 saturated heterocycles. The van der Waals surface area contributed by atoms with Crippen molar-refractivity contribution in [2.24, 2.45) is 0 Å². The molecule has 0 fully saturated rings. The highest BCUT2D eigenvalue weighted by molar-refractivity contribution is 5.04. The van der Waals surface area contributed by atoms with Crippen molar-refractivity contribution in [3.8, 4) is 0 Å². The summed E-state index contributed by atoms with van der Waals surface area (Å²) in [4.78, 5) is 8.34. The molecule has 1 unspecified atom stereocenters. The van der Waals surface area contributed by atoms with Gasteiger partial charge in [-0.3, -0.25) is 0 Å². The third kappa shape index (κ3) is 5.92. The van der Waals surface area contributed by atoms with Gasteiger partial charge in [-0.2, -0.15) is 0 Å². The fourth-order valence-electron chi connectivity index (χ4n) is 1.99. The zero-order valence-electron chi connectivity index (χ0n) is 11.4. The van der Waals surface area contributed by atoms with Crippen LogP contribution < -0.4 is 5.32 Å². The summed E-state index contributed by atoms with van der Waals surface area (Å²) in [6, 6.07) is 2.38. The van der Waals surface area contributed by atoms with Gasteiger partial charge in [0.2, 0.25) is 0 Å². The number of unbranched alkanes of at least 4 members (excludes halogenated alkanes) is 3. The minimum absolute atomic E-state index is 0.372. The van der Waals surface area contributed by atoms with Gasteiger partial charge in [0.15, 0.2) is 0 Å². The predicted molar refractivity (Wildman–Crippen MR) is 76.3 cm³/mol. The zero-order chi connectivity index (χ0) is 13.1. The summed E-state index contributed by atoms with van der Waals surface area (Å²) in [5.74, 6) is 0. The fraction of sp³-hybridized carbons (Fsp3) is 0.600. The normalized spacial score (nSPS) is 12.3. The maximum Gasteiger partial charge on any atom is 0.115 e. The Labute approximate surface area is 111 Å². The van der Waals surface area contributed by atoms with Crippen LogP contribution in [-0.4, -0.2) is 16.5 Å². The van der Waals surface area contributed by atoms with Crippen molar-refractivity contribution in [1.29, 1.82) is 0 Å². The Bertz CT molecular complexity index is 311. The Balaban J connectivity index is 2.38. The van der Waals surface area contributed by atoms with Crippen LogP contribution in [0.1, 0.15) is 57.2 Å². The minimum atomic E-state index is 0.372. The second-order valence-electron chi connectivity index (χ2n) is 4.57. The Morgan fingerprint density at radius 3 is 2.94 bits per heavy atom. The van der Waals surface area contributed by atoms with Crippen molar-refractivity contribution < 1.29 is 0 Å². The predicted octanol–water partition coefficient (Wildman–Crippen LogP) is 3.65. The third-order valence-electron chi connectivity index (χ3n) is 3.00. The van der Waals surface area contributed by atoms with Crippen molar-refractivity contribution in [3.05, 3.63) is 36.9 Å². The molecule has 3 heteroatoms. The molecule has 0 radical (unpaired) electrons. The first-order valence-corrected chi connectivity index (χ1v) is 6.98. The summed E-state index contributed by atoms with van der Waals surface area (Å²) in [6.45, 7) is 6.98. The standard InChI is InChI=1S/C15H25N3/c1-3-5-6-7-8-9-14(17-11-4-2)15-10-12-16-13-18-15/h3,10,12-14,17H,1,4-9,11H2,2H3. The average molecular weight is 247 g/mol. The van der Waals surface area contributed by atoms with Gasteiger partial charge in [0.25, 0.3) is 0 Å². The van der Waals surface area contributed by atoms with Gasteiger partial charge < -0.3 is 5.32 Å². The molecular weight excluding hydrogens is 222 g/mol. The Morgan fingerprint density at radius 1 is 1.39 bits per heavy atom. The largest absolute Gasteiger partial charge is 0.309 e. The van der Waals surface area contributed by atoms with Gasteiger partial charge in [0.1, 0.15) is 6.33 Å². The fourth-order valence-corrected chi connectivity index (χ4v) is 1.99. The molecule has 1 heterocycles. The zero-order valence-corrected chi connectivity index (χ0v) is 11.4. The lowest BCUT2D eigenvalue weighted by Crippen LogP contribution is -2.23. The lowest BCUT2D eigenvalue weighted by Gasteiger charge is -2.17. The van der Waals surface area contributed by atoms with E-state index in [1.54, 1.807) is 6.33 Å². The number of rotatable bonds is 10. The van der Waals surface area contributed by atoms with Crippen LogP contribution in [0.3, 0.4) is 0 Å². The van der Waals surface area contributed by atoms with E-state index in [0.29, 0.717) is 6.04 Å². The molecule has 0 bridgehead atoms. The van der Waals surface area contributed by atoms with Gasteiger partial charge in [0, 0.05) is 12.2 Å². The van der Waals surface area contributed by atoms with E-state index < -0.39 is 0 Å². The molecule has 0 spiro atoms. The van der Waals surface area contributed by atoms with Crippen molar-refractivity contribution in [1.82, 2.24) is 15.3 Å². The number of hydrogen-bond acceptors (Lipinski definition) is 3. The number of aromatic nitrogens is 2. The van der Waals surface area contributed by atoms with E-state index in [1.807, 2.05) is 18.3 Å². The first-order valence-electron chi connectivity index (χ1n) is 6.98. The molecule has 1 aromatic rings. The number of hydrogen-bond donors (Lipinski definition) is 1. The molecule has 1 N–H and O–H groups in total. The van der Waals surface area contributed by atoms with Crippen LogP contribution in [0.2, 0.25) is 0 Å². The average Bonchev–Trinajstić information content (AvgIpc) is 2.43. The van der Waals surface area contributed by atoms with Crippen molar-refractivity contribution in [2.75, 3.05) is 6.54 Å². The lowest BCUT2D eigenvalue weighted by molar-refractivity contribution is 0.462. The maximum atomic E-state index is 4.36. The highest BCUT2D eigenvalue weighted by Crippen LogP contribution is 2.17. The molecule has 0 saturated carbocycles. The molecule has 0 aliphatic carbocycles. The van der Waals surface area contributed by atoms with Crippen molar-refractivity contribution >= 4 is 0 Å². The van der Waals surface area contributed by atoms with E-state index >= 15 is 0 Å². The minimum Gasteiger partial charge on any atom is -0.309 e. The summed E-state index contributed by atoms with van der Waals surface area (Å²) in [5.41, 5.74) is 1.11. The summed E-state index contributed by atoms with van der Waals surface area (Å²) in [5, 5.41) is 3.57. The van der Waals surface area contributed by atoms with Crippen LogP contribution in [0.5, 0.6) is 0 Å². The molecule has 100 valence electrons. The molecule has 3 nitrogen and oxygen atoms in total. The molecule has 0 aliphatic rings. The summed E-state index contributed by atoms with van der Waals surface area (Å²) < 4.78 is 0. The molecule has 18 heavy (non-hydrogen) atoms. The van der Waals surface area contributed by atoms with Gasteiger partial charge in [-0.05, 0) is 38.3 Å². The molecule has 1 rings (SSSR count). The van der Waals surface area contributed by atoms with Gasteiger partial charge in [-0.15, -0.1) is 6.58 Å². The van der Waals surface area contributed by atoms with Crippen LogP contribution in [0.4, 0.5) is 0 Å². The highest BCUT2D eigenvalue weighted by atomic mass is 14.9. The second kappa shape index (κ2) is 9.77. The van der Waals surface area contributed by atoms with Crippen molar-refractivity contribution in [3.63, 3.8) is 0 Å². The highest BCUT2D eigenvalue weighted by Gasteiger charge is 2.10. The van der Waals surface area contributed by atoms with Crippen LogP contribution in [0, 0.1) is 0 Å². The third-order valence-corrected chi connectivity index (χ3v) is 3.00. The molecule has 0 amide bonds. The molecule has 0 aliphatic heterocycles. The topological polar surface area (TPSA) is 37.8 Å². The maximum absolute atomic E-state index is 4.36. The smallest absolute Gasteiger partial charge is 0.115 e. The Hall–Kier alpha value is -1.22. The van der Waals surface area contributed by atoms with Crippen molar-refractivity contribution in [2.45, 2.75) is 51.5 Å². The Morgan fingerprint density at radius 2 is 2.28 bits per heavy atom. The van der Waals surface area contributed by atoms with Gasteiger partial charge in [-0.1, -0.05) is 25.8 Å². The Kier molecular flexibility index (Phi) is 8.06. The van der Waals surface area contributed by atoms with Gasteiger partial charge in [-0.25, -0.2) is 9.97 Å². The van der Waals surface area contributed by atoms with Gasteiger partial charge in [0.05, 0.1) is 5.69 Å². The summed E-state index contributed by atoms with van der Waals surface area (Å²) in [6.07, 6.45) is 12.6. The van der Waals surface area contributed by atoms with E-state index in [0.717, 1.165) is 31.5 Å². The van der Waals surface area contributed by atoms with Crippen LogP contribution in [-0.2, 0) is 0 Å². The molecule has 1 atom stereocenters. The monoisotopic (exact) mass is 247 g/mol. The summed E-state index contributed by atoms with van der Waals surface area (Å²) >= 11 is 0.